The summed E-state index contributed by atoms with van der Waals surface area (Å²) in [5, 5.41) is 9.09. The zero-order valence-corrected chi connectivity index (χ0v) is 28.3. The van der Waals surface area contributed by atoms with Crippen LogP contribution in [0.2, 0.25) is 36.3 Å². The molecule has 0 aliphatic heterocycles. The van der Waals surface area contributed by atoms with Crippen molar-refractivity contribution in [3.05, 3.63) is 29.5 Å². The summed E-state index contributed by atoms with van der Waals surface area (Å²) in [5.74, 6) is -0.373. The van der Waals surface area contributed by atoms with E-state index in [0.717, 1.165) is 38.5 Å². The Morgan fingerprint density at radius 2 is 1.76 bits per heavy atom. The number of hydrogen-bond donors (Lipinski definition) is 1. The first-order valence-corrected chi connectivity index (χ1v) is 20.9. The van der Waals surface area contributed by atoms with Crippen LogP contribution < -0.4 is 0 Å². The van der Waals surface area contributed by atoms with E-state index in [9.17, 15) is 4.79 Å². The SMILES string of the molecule is CCCCC[C@H](CCC1=CC[C@H](O[Si](CC)(CC)CC)[C@@H]1CCC=C=CCC(=O)O)O[Si](C)(C)C(C)(C)C. The summed E-state index contributed by atoms with van der Waals surface area (Å²) in [5.41, 5.74) is 4.63. The van der Waals surface area contributed by atoms with Crippen LogP contribution >= 0.6 is 0 Å². The van der Waals surface area contributed by atoms with E-state index in [0.29, 0.717) is 12.0 Å². The highest BCUT2D eigenvalue weighted by Crippen LogP contribution is 2.41. The first-order valence-electron chi connectivity index (χ1n) is 15.5. The summed E-state index contributed by atoms with van der Waals surface area (Å²) in [6.07, 6.45) is 16.8. The molecule has 0 heterocycles. The van der Waals surface area contributed by atoms with Crippen LogP contribution in [0.15, 0.2) is 29.5 Å². The lowest BCUT2D eigenvalue weighted by atomic mass is 9.90. The monoisotopic (exact) mass is 564 g/mol. The van der Waals surface area contributed by atoms with Gasteiger partial charge in [-0.3, -0.25) is 4.79 Å². The van der Waals surface area contributed by atoms with Gasteiger partial charge >= 0.3 is 5.97 Å². The highest BCUT2D eigenvalue weighted by Gasteiger charge is 2.40. The van der Waals surface area contributed by atoms with E-state index in [1.165, 1.54) is 37.4 Å². The smallest absolute Gasteiger partial charge is 0.307 e. The molecule has 220 valence electrons. The van der Waals surface area contributed by atoms with Crippen LogP contribution in [0, 0.1) is 5.92 Å². The molecule has 1 rings (SSSR count). The molecule has 0 saturated heterocycles. The number of carboxylic acids is 1. The highest BCUT2D eigenvalue weighted by atomic mass is 28.4. The van der Waals surface area contributed by atoms with Gasteiger partial charge in [-0.15, -0.1) is 5.73 Å². The summed E-state index contributed by atoms with van der Waals surface area (Å²) in [7, 11) is -3.52. The number of hydrogen-bond acceptors (Lipinski definition) is 3. The first kappa shape index (κ1) is 35.1. The molecule has 6 heteroatoms. The van der Waals surface area contributed by atoms with Gasteiger partial charge in [-0.25, -0.2) is 0 Å². The maximum absolute atomic E-state index is 10.8. The third-order valence-electron chi connectivity index (χ3n) is 9.16. The molecule has 4 nitrogen and oxygen atoms in total. The van der Waals surface area contributed by atoms with Gasteiger partial charge < -0.3 is 14.0 Å². The van der Waals surface area contributed by atoms with E-state index in [2.05, 4.69) is 73.4 Å². The molecule has 0 unspecified atom stereocenters. The molecule has 0 amide bonds. The zero-order valence-electron chi connectivity index (χ0n) is 26.3. The van der Waals surface area contributed by atoms with Crippen LogP contribution in [-0.4, -0.2) is 39.9 Å². The van der Waals surface area contributed by atoms with Gasteiger partial charge in [0.1, 0.15) is 0 Å². The Balaban J connectivity index is 3.01. The topological polar surface area (TPSA) is 55.8 Å². The molecule has 0 aromatic heterocycles. The lowest BCUT2D eigenvalue weighted by Crippen LogP contribution is -2.44. The third-order valence-corrected chi connectivity index (χ3v) is 18.4. The molecule has 0 aromatic carbocycles. The Bertz CT molecular complexity index is 778. The van der Waals surface area contributed by atoms with Crippen molar-refractivity contribution in [2.75, 3.05) is 0 Å². The summed E-state index contributed by atoms with van der Waals surface area (Å²) in [6, 6.07) is 3.53. The number of unbranched alkanes of at least 4 members (excludes halogenated alkanes) is 2. The second-order valence-electron chi connectivity index (χ2n) is 12.8. The van der Waals surface area contributed by atoms with Crippen LogP contribution in [0.4, 0.5) is 0 Å². The Hall–Kier alpha value is -0.916. The summed E-state index contributed by atoms with van der Waals surface area (Å²) < 4.78 is 14.0. The fourth-order valence-corrected chi connectivity index (χ4v) is 9.64. The van der Waals surface area contributed by atoms with Crippen LogP contribution in [-0.2, 0) is 13.6 Å². The second kappa shape index (κ2) is 17.0. The van der Waals surface area contributed by atoms with Gasteiger partial charge in [0.15, 0.2) is 16.6 Å². The quantitative estimate of drug-likeness (QED) is 0.0734. The van der Waals surface area contributed by atoms with Crippen molar-refractivity contribution in [2.24, 2.45) is 5.92 Å². The third kappa shape index (κ3) is 11.7. The fraction of sp³-hybridized carbons (Fsp3) is 0.812. The molecule has 0 radical (unpaired) electrons. The molecule has 1 aliphatic rings. The van der Waals surface area contributed by atoms with Gasteiger partial charge in [0.2, 0.25) is 0 Å². The molecule has 38 heavy (non-hydrogen) atoms. The number of carbonyl (C=O) groups is 1. The Kier molecular flexibility index (Phi) is 15.7. The summed E-state index contributed by atoms with van der Waals surface area (Å²) in [6.45, 7) is 21.0. The van der Waals surface area contributed by atoms with Gasteiger partial charge in [0, 0.05) is 12.0 Å². The van der Waals surface area contributed by atoms with E-state index < -0.39 is 22.6 Å². The highest BCUT2D eigenvalue weighted by molar-refractivity contribution is 6.74. The van der Waals surface area contributed by atoms with Crippen LogP contribution in [0.25, 0.3) is 0 Å². The van der Waals surface area contributed by atoms with E-state index in [4.69, 9.17) is 14.0 Å². The van der Waals surface area contributed by atoms with Gasteiger partial charge in [-0.2, -0.15) is 0 Å². The molecule has 0 saturated carbocycles. The Labute approximate surface area is 237 Å². The van der Waals surface area contributed by atoms with Crippen molar-refractivity contribution < 1.29 is 18.8 Å². The molecule has 0 spiro atoms. The molecule has 0 aromatic rings. The van der Waals surface area contributed by atoms with Gasteiger partial charge in [-0.05, 0) is 86.9 Å². The molecule has 0 fully saturated rings. The lowest BCUT2D eigenvalue weighted by Gasteiger charge is -2.39. The number of aliphatic carboxylic acids is 1. The van der Waals surface area contributed by atoms with Gasteiger partial charge in [-0.1, -0.05) is 79.4 Å². The van der Waals surface area contributed by atoms with Crippen molar-refractivity contribution in [3.8, 4) is 0 Å². The van der Waals surface area contributed by atoms with E-state index in [1.807, 2.05) is 6.08 Å². The van der Waals surface area contributed by atoms with Gasteiger partial charge in [0.25, 0.3) is 0 Å². The number of rotatable bonds is 19. The standard InChI is InChI=1S/C32H60O4Si2/c1-10-14-17-20-28(35-37(8,9)32(5,6)7)25-23-27-24-26-30(36-38(11-2,12-3)13-4)29(27)21-18-15-16-19-22-31(33)34/h15,19,24,28-30H,10-14,17-18,20-23,25-26H2,1-9H3,(H,33,34)/t16?,28-,29-,30+/m1/s1. The van der Waals surface area contributed by atoms with Crippen molar-refractivity contribution in [1.82, 2.24) is 0 Å². The molecular weight excluding hydrogens is 505 g/mol. The average Bonchev–Trinajstić information content (AvgIpc) is 3.23. The minimum absolute atomic E-state index is 0.0298. The summed E-state index contributed by atoms with van der Waals surface area (Å²) in [4.78, 5) is 10.8. The first-order chi connectivity index (χ1) is 17.8. The largest absolute Gasteiger partial charge is 0.481 e. The van der Waals surface area contributed by atoms with Crippen molar-refractivity contribution in [1.29, 1.82) is 0 Å². The van der Waals surface area contributed by atoms with Crippen molar-refractivity contribution in [2.45, 2.75) is 161 Å². The molecular formula is C32H60O4Si2. The van der Waals surface area contributed by atoms with Gasteiger partial charge in [0.05, 0.1) is 12.5 Å². The maximum Gasteiger partial charge on any atom is 0.307 e. The normalized spacial score (nSPS) is 19.1. The van der Waals surface area contributed by atoms with Crippen LogP contribution in [0.1, 0.15) is 113 Å². The van der Waals surface area contributed by atoms with Crippen LogP contribution in [0.5, 0.6) is 0 Å². The maximum atomic E-state index is 10.8. The lowest BCUT2D eigenvalue weighted by molar-refractivity contribution is -0.136. The van der Waals surface area contributed by atoms with E-state index in [-0.39, 0.29) is 17.6 Å². The van der Waals surface area contributed by atoms with Crippen LogP contribution in [0.3, 0.4) is 0 Å². The minimum Gasteiger partial charge on any atom is -0.481 e. The molecule has 1 N–H and O–H groups in total. The average molecular weight is 565 g/mol. The molecule has 3 atom stereocenters. The van der Waals surface area contributed by atoms with E-state index >= 15 is 0 Å². The Morgan fingerprint density at radius 1 is 1.11 bits per heavy atom. The molecule has 0 bridgehead atoms. The summed E-state index contributed by atoms with van der Waals surface area (Å²) >= 11 is 0. The Morgan fingerprint density at radius 3 is 2.32 bits per heavy atom. The van der Waals surface area contributed by atoms with Crippen molar-refractivity contribution >= 4 is 22.6 Å². The number of carboxylic acid groups (broad SMARTS) is 1. The fourth-order valence-electron chi connectivity index (χ4n) is 5.31. The second-order valence-corrected chi connectivity index (χ2v) is 22.3. The van der Waals surface area contributed by atoms with E-state index in [1.54, 1.807) is 11.6 Å². The predicted molar refractivity (Wildman–Crippen MR) is 168 cm³/mol. The zero-order chi connectivity index (χ0) is 28.8. The molecule has 1 aliphatic carbocycles. The minimum atomic E-state index is -1.82. The van der Waals surface area contributed by atoms with Crippen molar-refractivity contribution in [3.63, 3.8) is 0 Å². The predicted octanol–water partition coefficient (Wildman–Crippen LogP) is 10.0.